The third-order valence-corrected chi connectivity index (χ3v) is 6.06. The Morgan fingerprint density at radius 2 is 1.80 bits per heavy atom. The average molecular weight is 431 g/mol. The van der Waals surface area contributed by atoms with E-state index in [1.807, 2.05) is 36.4 Å². The van der Waals surface area contributed by atoms with Gasteiger partial charge in [-0.15, -0.1) is 11.8 Å². The number of amides is 3. The van der Waals surface area contributed by atoms with Crippen LogP contribution in [0, 0.1) is 5.82 Å². The van der Waals surface area contributed by atoms with Crippen LogP contribution in [0.1, 0.15) is 24.8 Å². The minimum Gasteiger partial charge on any atom is -0.370 e. The van der Waals surface area contributed by atoms with Crippen molar-refractivity contribution in [1.82, 2.24) is 10.2 Å². The highest BCUT2D eigenvalue weighted by atomic mass is 32.2. The summed E-state index contributed by atoms with van der Waals surface area (Å²) in [6.45, 7) is 2.54. The lowest BCUT2D eigenvalue weighted by atomic mass is 10.0. The third kappa shape index (κ3) is 7.03. The van der Waals surface area contributed by atoms with Gasteiger partial charge in [0.25, 0.3) is 0 Å². The van der Waals surface area contributed by atoms with Crippen molar-refractivity contribution in [2.45, 2.75) is 36.7 Å². The Kier molecular flexibility index (Phi) is 8.10. The Labute approximate surface area is 180 Å². The first-order valence-electron chi connectivity index (χ1n) is 10.0. The molecular formula is C22H27FN4O2S. The monoisotopic (exact) mass is 430 g/mol. The number of urea groups is 1. The second-order valence-electron chi connectivity index (χ2n) is 7.34. The molecule has 0 spiro atoms. The molecule has 0 bridgehead atoms. The third-order valence-electron chi connectivity index (χ3n) is 4.98. The molecule has 2 aromatic rings. The van der Waals surface area contributed by atoms with E-state index in [0.29, 0.717) is 12.2 Å². The topological polar surface area (TPSA) is 87.5 Å². The first-order chi connectivity index (χ1) is 14.5. The quantitative estimate of drug-likeness (QED) is 0.559. The molecule has 0 radical (unpaired) electrons. The van der Waals surface area contributed by atoms with Gasteiger partial charge in [-0.05, 0) is 42.7 Å². The molecule has 0 unspecified atom stereocenters. The Balaban J connectivity index is 1.44. The molecule has 160 valence electrons. The molecule has 0 aliphatic carbocycles. The van der Waals surface area contributed by atoms with Gasteiger partial charge >= 0.3 is 6.03 Å². The van der Waals surface area contributed by atoms with Crippen molar-refractivity contribution in [3.05, 3.63) is 59.9 Å². The van der Waals surface area contributed by atoms with Crippen LogP contribution in [0.5, 0.6) is 0 Å². The number of primary amides is 1. The van der Waals surface area contributed by atoms with Gasteiger partial charge in [0.15, 0.2) is 0 Å². The van der Waals surface area contributed by atoms with Crippen LogP contribution in [-0.2, 0) is 11.3 Å². The van der Waals surface area contributed by atoms with Crippen LogP contribution in [0.3, 0.4) is 0 Å². The predicted octanol–water partition coefficient (Wildman–Crippen LogP) is 3.58. The second-order valence-corrected chi connectivity index (χ2v) is 8.47. The molecule has 1 heterocycles. The summed E-state index contributed by atoms with van der Waals surface area (Å²) in [6, 6.07) is 14.0. The van der Waals surface area contributed by atoms with Gasteiger partial charge in [0.05, 0.1) is 5.69 Å². The number of carbonyl (C=O) groups is 2. The summed E-state index contributed by atoms with van der Waals surface area (Å²) in [6.07, 6.45) is 2.02. The molecule has 3 amide bonds. The molecular weight excluding hydrogens is 403 g/mol. The van der Waals surface area contributed by atoms with Gasteiger partial charge in [0.2, 0.25) is 5.91 Å². The Bertz CT molecular complexity index is 854. The molecule has 6 nitrogen and oxygen atoms in total. The van der Waals surface area contributed by atoms with Gasteiger partial charge in [0, 0.05) is 42.7 Å². The van der Waals surface area contributed by atoms with Crippen molar-refractivity contribution in [3.8, 4) is 0 Å². The molecule has 0 atom stereocenters. The minimum absolute atomic E-state index is 0.115. The van der Waals surface area contributed by atoms with Gasteiger partial charge in [-0.25, -0.2) is 9.18 Å². The van der Waals surface area contributed by atoms with Gasteiger partial charge in [-0.1, -0.05) is 24.3 Å². The number of anilines is 1. The molecule has 8 heteroatoms. The van der Waals surface area contributed by atoms with E-state index < -0.39 is 0 Å². The Morgan fingerprint density at radius 3 is 2.50 bits per heavy atom. The van der Waals surface area contributed by atoms with E-state index in [4.69, 9.17) is 5.73 Å². The number of nitrogens with two attached hydrogens (primary N) is 1. The summed E-state index contributed by atoms with van der Waals surface area (Å²) in [5, 5.41) is 5.97. The summed E-state index contributed by atoms with van der Waals surface area (Å²) in [5.74, 6) is 0.0132. The first kappa shape index (κ1) is 22.1. The number of benzene rings is 2. The van der Waals surface area contributed by atoms with Crippen LogP contribution in [0.25, 0.3) is 0 Å². The molecule has 1 aliphatic heterocycles. The predicted molar refractivity (Wildman–Crippen MR) is 118 cm³/mol. The number of likely N-dealkylation sites (tertiary alicyclic amines) is 1. The average Bonchev–Trinajstić information content (AvgIpc) is 2.72. The zero-order chi connectivity index (χ0) is 21.3. The number of piperidine rings is 1. The number of rotatable bonds is 8. The van der Waals surface area contributed by atoms with Crippen molar-refractivity contribution < 1.29 is 14.0 Å². The lowest BCUT2D eigenvalue weighted by Gasteiger charge is -2.32. The van der Waals surface area contributed by atoms with Gasteiger partial charge in [-0.2, -0.15) is 0 Å². The molecule has 0 saturated carbocycles. The summed E-state index contributed by atoms with van der Waals surface area (Å²) < 4.78 is 13.0. The normalized spacial score (nSPS) is 15.0. The van der Waals surface area contributed by atoms with E-state index in [1.54, 1.807) is 0 Å². The zero-order valence-electron chi connectivity index (χ0n) is 16.8. The van der Waals surface area contributed by atoms with Crippen molar-refractivity contribution in [3.63, 3.8) is 0 Å². The van der Waals surface area contributed by atoms with Crippen LogP contribution >= 0.6 is 11.8 Å². The van der Waals surface area contributed by atoms with E-state index in [0.717, 1.165) is 48.6 Å². The van der Waals surface area contributed by atoms with Gasteiger partial charge in [-0.3, -0.25) is 9.69 Å². The molecule has 3 rings (SSSR count). The van der Waals surface area contributed by atoms with Crippen molar-refractivity contribution in [2.24, 2.45) is 5.73 Å². The maximum atomic E-state index is 13.0. The molecule has 30 heavy (non-hydrogen) atoms. The largest absolute Gasteiger partial charge is 0.370 e. The number of hydrogen-bond donors (Lipinski definition) is 3. The van der Waals surface area contributed by atoms with Gasteiger partial charge in [0.1, 0.15) is 5.82 Å². The highest BCUT2D eigenvalue weighted by Gasteiger charge is 2.21. The van der Waals surface area contributed by atoms with Crippen molar-refractivity contribution >= 4 is 29.4 Å². The lowest BCUT2D eigenvalue weighted by Crippen LogP contribution is -2.45. The summed E-state index contributed by atoms with van der Waals surface area (Å²) in [7, 11) is 0. The first-order valence-corrected chi connectivity index (χ1v) is 11.0. The molecule has 1 saturated heterocycles. The van der Waals surface area contributed by atoms with Crippen molar-refractivity contribution in [1.29, 1.82) is 0 Å². The zero-order valence-corrected chi connectivity index (χ0v) is 17.6. The SMILES string of the molecule is NC(=O)CCSc1ccccc1NC(=O)NC1CCN(Cc2ccc(F)cc2)CC1. The van der Waals surface area contributed by atoms with Crippen LogP contribution < -0.4 is 16.4 Å². The molecule has 4 N–H and O–H groups in total. The van der Waals surface area contributed by atoms with Gasteiger partial charge < -0.3 is 16.4 Å². The number of nitrogens with zero attached hydrogens (tertiary/aromatic N) is 1. The number of halogens is 1. The lowest BCUT2D eigenvalue weighted by molar-refractivity contribution is -0.117. The standard InChI is InChI=1S/C22H27FN4O2S/c23-17-7-5-16(6-8-17)15-27-12-9-18(10-13-27)25-22(29)26-19-3-1-2-4-20(19)30-14-11-21(24)28/h1-8,18H,9-15H2,(H2,24,28)(H2,25,26,29). The van der Waals surface area contributed by atoms with E-state index in [9.17, 15) is 14.0 Å². The van der Waals surface area contributed by atoms with Crippen LogP contribution in [0.15, 0.2) is 53.4 Å². The fourth-order valence-corrected chi connectivity index (χ4v) is 4.36. The van der Waals surface area contributed by atoms with Crippen molar-refractivity contribution in [2.75, 3.05) is 24.2 Å². The van der Waals surface area contributed by atoms with E-state index in [1.165, 1.54) is 23.9 Å². The second kappa shape index (κ2) is 11.0. The number of nitrogens with one attached hydrogen (secondary N) is 2. The minimum atomic E-state index is -0.337. The highest BCUT2D eigenvalue weighted by Crippen LogP contribution is 2.27. The maximum Gasteiger partial charge on any atom is 0.319 e. The molecule has 1 aliphatic rings. The summed E-state index contributed by atoms with van der Waals surface area (Å²) >= 11 is 1.49. The van der Waals surface area contributed by atoms with E-state index >= 15 is 0 Å². The number of thioether (sulfide) groups is 1. The highest BCUT2D eigenvalue weighted by molar-refractivity contribution is 7.99. The van der Waals surface area contributed by atoms with Crippen LogP contribution in [-0.4, -0.2) is 41.7 Å². The Morgan fingerprint density at radius 1 is 1.10 bits per heavy atom. The Hall–Kier alpha value is -2.58. The van der Waals surface area contributed by atoms with Crippen LogP contribution in [0.2, 0.25) is 0 Å². The summed E-state index contributed by atoms with van der Waals surface area (Å²) in [5.41, 5.74) is 7.00. The molecule has 0 aromatic heterocycles. The van der Waals surface area contributed by atoms with Crippen LogP contribution in [0.4, 0.5) is 14.9 Å². The van der Waals surface area contributed by atoms with E-state index in [-0.39, 0.29) is 23.8 Å². The summed E-state index contributed by atoms with van der Waals surface area (Å²) in [4.78, 5) is 26.6. The maximum absolute atomic E-state index is 13.0. The molecule has 1 fully saturated rings. The van der Waals surface area contributed by atoms with E-state index in [2.05, 4.69) is 15.5 Å². The molecule has 2 aromatic carbocycles. The number of carbonyl (C=O) groups excluding carboxylic acids is 2. The number of hydrogen-bond acceptors (Lipinski definition) is 4. The fraction of sp³-hybridized carbons (Fsp3) is 0.364. The fourth-order valence-electron chi connectivity index (χ4n) is 3.38. The smallest absolute Gasteiger partial charge is 0.319 e. The number of para-hydroxylation sites is 1.